The van der Waals surface area contributed by atoms with E-state index in [0.717, 1.165) is 10.8 Å². The lowest BCUT2D eigenvalue weighted by molar-refractivity contribution is -0.139. The Bertz CT molecular complexity index is 882. The van der Waals surface area contributed by atoms with Gasteiger partial charge in [0.25, 0.3) is 0 Å². The van der Waals surface area contributed by atoms with Gasteiger partial charge in [0.05, 0.1) is 4.90 Å². The molecule has 0 bridgehead atoms. The van der Waals surface area contributed by atoms with Crippen LogP contribution in [0.4, 0.5) is 4.79 Å². The zero-order valence-corrected chi connectivity index (χ0v) is 14.1. The number of carboxylic acid groups (broad SMARTS) is 1. The third kappa shape index (κ3) is 5.16. The smallest absolute Gasteiger partial charge is 0.321 e. The third-order valence-electron chi connectivity index (χ3n) is 3.60. The number of carboxylic acids is 1. The van der Waals surface area contributed by atoms with Gasteiger partial charge in [-0.2, -0.15) is 4.72 Å². The zero-order valence-electron chi connectivity index (χ0n) is 13.3. The molecule has 0 heterocycles. The number of aliphatic carboxylic acids is 1. The molecule has 2 amide bonds. The molecule has 2 aromatic carbocycles. The fourth-order valence-electron chi connectivity index (χ4n) is 2.34. The number of carbonyl (C=O) groups excluding carboxylic acids is 1. The zero-order chi connectivity index (χ0) is 18.4. The topological polar surface area (TPSA) is 139 Å². The second-order valence-electron chi connectivity index (χ2n) is 5.45. The van der Waals surface area contributed by atoms with E-state index in [2.05, 4.69) is 10.0 Å². The van der Waals surface area contributed by atoms with Gasteiger partial charge in [0, 0.05) is 6.54 Å². The Hall–Kier alpha value is -2.65. The maximum atomic E-state index is 12.5. The molecule has 0 aromatic heterocycles. The first-order valence-corrected chi connectivity index (χ1v) is 9.05. The van der Waals surface area contributed by atoms with E-state index in [9.17, 15) is 23.1 Å². The van der Waals surface area contributed by atoms with Gasteiger partial charge in [-0.15, -0.1) is 0 Å². The monoisotopic (exact) mass is 365 g/mol. The van der Waals surface area contributed by atoms with Crippen LogP contribution in [0.2, 0.25) is 0 Å². The number of rotatable bonds is 8. The molecule has 1 unspecified atom stereocenters. The molecule has 0 spiro atoms. The molecule has 9 heteroatoms. The highest BCUT2D eigenvalue weighted by Crippen LogP contribution is 2.19. The number of nitrogens with two attached hydrogens (primary N) is 1. The summed E-state index contributed by atoms with van der Waals surface area (Å²) in [6.45, 7) is 0.164. The quantitative estimate of drug-likeness (QED) is 0.517. The van der Waals surface area contributed by atoms with Crippen LogP contribution in [0.1, 0.15) is 12.8 Å². The van der Waals surface area contributed by atoms with Crippen molar-refractivity contribution in [1.29, 1.82) is 0 Å². The Morgan fingerprint density at radius 2 is 1.80 bits per heavy atom. The van der Waals surface area contributed by atoms with Gasteiger partial charge in [0.2, 0.25) is 10.0 Å². The number of hydrogen-bond donors (Lipinski definition) is 4. The van der Waals surface area contributed by atoms with Crippen molar-refractivity contribution < 1.29 is 23.1 Å². The van der Waals surface area contributed by atoms with Crippen molar-refractivity contribution in [1.82, 2.24) is 10.0 Å². The largest absolute Gasteiger partial charge is 0.480 e. The van der Waals surface area contributed by atoms with Crippen molar-refractivity contribution >= 4 is 32.8 Å². The van der Waals surface area contributed by atoms with Crippen molar-refractivity contribution in [2.45, 2.75) is 23.8 Å². The number of nitrogens with one attached hydrogen (secondary N) is 2. The summed E-state index contributed by atoms with van der Waals surface area (Å²) in [6.07, 6.45) is 0.280. The van der Waals surface area contributed by atoms with Crippen molar-refractivity contribution in [2.75, 3.05) is 6.54 Å². The predicted molar refractivity (Wildman–Crippen MR) is 92.5 cm³/mol. The first-order chi connectivity index (χ1) is 11.8. The van der Waals surface area contributed by atoms with Crippen LogP contribution in [0.5, 0.6) is 0 Å². The number of urea groups is 1. The van der Waals surface area contributed by atoms with E-state index in [4.69, 9.17) is 5.73 Å². The first-order valence-electron chi connectivity index (χ1n) is 7.57. The number of carbonyl (C=O) groups is 2. The van der Waals surface area contributed by atoms with Gasteiger partial charge >= 0.3 is 12.0 Å². The summed E-state index contributed by atoms with van der Waals surface area (Å²) in [7, 11) is -3.99. The minimum absolute atomic E-state index is 0.00675. The summed E-state index contributed by atoms with van der Waals surface area (Å²) in [6, 6.07) is 9.83. The lowest BCUT2D eigenvalue weighted by atomic mass is 10.1. The first kappa shape index (κ1) is 18.7. The normalized spacial score (nSPS) is 12.6. The summed E-state index contributed by atoms with van der Waals surface area (Å²) in [4.78, 5) is 21.9. The van der Waals surface area contributed by atoms with Gasteiger partial charge in [-0.3, -0.25) is 4.79 Å². The second-order valence-corrected chi connectivity index (χ2v) is 7.17. The summed E-state index contributed by atoms with van der Waals surface area (Å²) >= 11 is 0. The van der Waals surface area contributed by atoms with Crippen molar-refractivity contribution in [2.24, 2.45) is 5.73 Å². The van der Waals surface area contributed by atoms with Gasteiger partial charge in [0.1, 0.15) is 6.04 Å². The van der Waals surface area contributed by atoms with Crippen molar-refractivity contribution in [3.8, 4) is 0 Å². The molecule has 0 radical (unpaired) electrons. The highest BCUT2D eigenvalue weighted by atomic mass is 32.2. The lowest BCUT2D eigenvalue weighted by Gasteiger charge is -2.15. The molecule has 2 rings (SSSR count). The second kappa shape index (κ2) is 7.95. The van der Waals surface area contributed by atoms with E-state index in [0.29, 0.717) is 0 Å². The van der Waals surface area contributed by atoms with Gasteiger partial charge in [-0.1, -0.05) is 30.3 Å². The molecule has 0 aliphatic rings. The van der Waals surface area contributed by atoms with E-state index < -0.39 is 28.1 Å². The van der Waals surface area contributed by atoms with E-state index >= 15 is 0 Å². The minimum atomic E-state index is -3.99. The number of sulfonamides is 1. The third-order valence-corrected chi connectivity index (χ3v) is 5.06. The molecule has 1 atom stereocenters. The van der Waals surface area contributed by atoms with Crippen LogP contribution in [-0.2, 0) is 14.8 Å². The maximum absolute atomic E-state index is 12.5. The molecule has 134 valence electrons. The van der Waals surface area contributed by atoms with Crippen LogP contribution in [-0.4, -0.2) is 38.1 Å². The molecular weight excluding hydrogens is 346 g/mol. The molecule has 8 nitrogen and oxygen atoms in total. The van der Waals surface area contributed by atoms with Crippen molar-refractivity contribution in [3.05, 3.63) is 42.5 Å². The highest BCUT2D eigenvalue weighted by Gasteiger charge is 2.25. The van der Waals surface area contributed by atoms with Crippen LogP contribution >= 0.6 is 0 Å². The summed E-state index contributed by atoms with van der Waals surface area (Å²) in [5, 5.41) is 13.2. The Kier molecular flexibility index (Phi) is 5.94. The van der Waals surface area contributed by atoms with Gasteiger partial charge in [0.15, 0.2) is 0 Å². The summed E-state index contributed by atoms with van der Waals surface area (Å²) in [5.74, 6) is -1.29. The van der Waals surface area contributed by atoms with Crippen LogP contribution < -0.4 is 15.8 Å². The fourth-order valence-corrected chi connectivity index (χ4v) is 3.60. The minimum Gasteiger partial charge on any atom is -0.480 e. The van der Waals surface area contributed by atoms with Crippen LogP contribution in [0, 0.1) is 0 Å². The Morgan fingerprint density at radius 1 is 1.12 bits per heavy atom. The molecule has 25 heavy (non-hydrogen) atoms. The average Bonchev–Trinajstić information content (AvgIpc) is 2.56. The summed E-state index contributed by atoms with van der Waals surface area (Å²) in [5.41, 5.74) is 4.91. The molecule has 0 fully saturated rings. The standard InChI is InChI=1S/C16H19N3O5S/c17-16(22)18-9-3-6-14(15(20)21)19-25(23,24)13-8-7-11-4-1-2-5-12(11)10-13/h1-2,4-5,7-8,10,14,19H,3,6,9H2,(H,20,21)(H3,17,18,22). The van der Waals surface area contributed by atoms with Crippen LogP contribution in [0.15, 0.2) is 47.4 Å². The molecular formula is C16H19N3O5S. The number of primary amides is 1. The van der Waals surface area contributed by atoms with Crippen LogP contribution in [0.3, 0.4) is 0 Å². The Labute approximate surface area is 145 Å². The maximum Gasteiger partial charge on any atom is 0.321 e. The average molecular weight is 365 g/mol. The number of benzene rings is 2. The molecule has 0 saturated carbocycles. The van der Waals surface area contributed by atoms with E-state index in [1.165, 1.54) is 12.1 Å². The van der Waals surface area contributed by atoms with Gasteiger partial charge in [-0.25, -0.2) is 13.2 Å². The fraction of sp³-hybridized carbons (Fsp3) is 0.250. The number of amides is 2. The van der Waals surface area contributed by atoms with Crippen LogP contribution in [0.25, 0.3) is 10.8 Å². The van der Waals surface area contributed by atoms with E-state index in [1.54, 1.807) is 18.2 Å². The molecule has 0 saturated heterocycles. The Balaban J connectivity index is 2.12. The van der Waals surface area contributed by atoms with Crippen molar-refractivity contribution in [3.63, 3.8) is 0 Å². The Morgan fingerprint density at radius 3 is 2.44 bits per heavy atom. The van der Waals surface area contributed by atoms with Gasteiger partial charge in [-0.05, 0) is 35.7 Å². The molecule has 2 aromatic rings. The summed E-state index contributed by atoms with van der Waals surface area (Å²) < 4.78 is 27.1. The lowest BCUT2D eigenvalue weighted by Crippen LogP contribution is -2.41. The number of hydrogen-bond acceptors (Lipinski definition) is 4. The SMILES string of the molecule is NC(=O)NCCCC(NS(=O)(=O)c1ccc2ccccc2c1)C(=O)O. The van der Waals surface area contributed by atoms with E-state index in [-0.39, 0.29) is 24.3 Å². The predicted octanol–water partition coefficient (Wildman–Crippen LogP) is 1.02. The number of fused-ring (bicyclic) bond motifs is 1. The van der Waals surface area contributed by atoms with E-state index in [1.807, 2.05) is 12.1 Å². The van der Waals surface area contributed by atoms with Gasteiger partial charge < -0.3 is 16.2 Å². The highest BCUT2D eigenvalue weighted by molar-refractivity contribution is 7.89. The molecule has 5 N–H and O–H groups in total. The molecule has 0 aliphatic heterocycles. The molecule has 0 aliphatic carbocycles.